The van der Waals surface area contributed by atoms with Gasteiger partial charge in [-0.1, -0.05) is 13.0 Å². The number of pyridine rings is 1. The minimum atomic E-state index is -0.496. The van der Waals surface area contributed by atoms with Crippen LogP contribution >= 0.6 is 0 Å². The molecule has 3 heterocycles. The first-order chi connectivity index (χ1) is 21.9. The third-order valence-corrected chi connectivity index (χ3v) is 8.47. The number of nitrogens with one attached hydrogen (secondary N) is 2. The van der Waals surface area contributed by atoms with Crippen molar-refractivity contribution in [1.29, 1.82) is 0 Å². The number of likely N-dealkylation sites (N-methyl/N-ethyl adjacent to an activating group) is 2. The van der Waals surface area contributed by atoms with E-state index in [4.69, 9.17) is 19.4 Å². The van der Waals surface area contributed by atoms with E-state index in [2.05, 4.69) is 38.1 Å². The van der Waals surface area contributed by atoms with E-state index in [0.29, 0.717) is 36.0 Å². The molecule has 12 heteroatoms. The number of hydrogen-bond acceptors (Lipinski definition) is 11. The summed E-state index contributed by atoms with van der Waals surface area (Å²) in [6.07, 6.45) is 5.60. The van der Waals surface area contributed by atoms with Crippen molar-refractivity contribution in [2.45, 2.75) is 51.6 Å². The minimum absolute atomic E-state index is 0.0744. The number of benzene rings is 1. The van der Waals surface area contributed by atoms with Crippen LogP contribution in [-0.4, -0.2) is 85.7 Å². The van der Waals surface area contributed by atoms with Crippen LogP contribution in [0.25, 0.3) is 0 Å². The summed E-state index contributed by atoms with van der Waals surface area (Å²) in [5.74, 6) is 0.380. The highest BCUT2D eigenvalue weighted by Crippen LogP contribution is 2.54. The van der Waals surface area contributed by atoms with Crippen LogP contribution in [0, 0.1) is 6.92 Å². The number of anilines is 6. The summed E-state index contributed by atoms with van der Waals surface area (Å²) >= 11 is 0. The van der Waals surface area contributed by atoms with E-state index in [0.717, 1.165) is 48.6 Å². The van der Waals surface area contributed by atoms with Crippen LogP contribution in [0.15, 0.2) is 43.1 Å². The SMILES string of the molecule is C=CC(=O)Nc1cc(Nc2ncc(C(=O)OC(C)C)c(N3CC4(CCC4)c4nc(C)ccc43)n2)c(OC)cc1N(C)CCN(C)C. The highest BCUT2D eigenvalue weighted by Gasteiger charge is 2.49. The molecule has 1 amide bonds. The summed E-state index contributed by atoms with van der Waals surface area (Å²) in [6, 6.07) is 7.68. The number of ether oxygens (including phenoxy) is 2. The maximum atomic E-state index is 13.3. The van der Waals surface area contributed by atoms with Crippen molar-refractivity contribution in [3.8, 4) is 5.75 Å². The first-order valence-corrected chi connectivity index (χ1v) is 15.6. The Morgan fingerprint density at radius 1 is 1.13 bits per heavy atom. The van der Waals surface area contributed by atoms with Crippen LogP contribution in [0.1, 0.15) is 54.9 Å². The van der Waals surface area contributed by atoms with Crippen molar-refractivity contribution in [1.82, 2.24) is 19.9 Å². The van der Waals surface area contributed by atoms with E-state index in [1.165, 1.54) is 12.3 Å². The average Bonchev–Trinajstić information content (AvgIpc) is 3.34. The first kappa shape index (κ1) is 32.7. The van der Waals surface area contributed by atoms with Crippen LogP contribution in [0.3, 0.4) is 0 Å². The third kappa shape index (κ3) is 6.62. The molecule has 0 bridgehead atoms. The lowest BCUT2D eigenvalue weighted by molar-refractivity contribution is -0.111. The number of nitrogens with zero attached hydrogens (tertiary/aromatic N) is 6. The number of aryl methyl sites for hydroxylation is 1. The van der Waals surface area contributed by atoms with Crippen molar-refractivity contribution in [2.75, 3.05) is 68.3 Å². The highest BCUT2D eigenvalue weighted by molar-refractivity contribution is 6.02. The number of methoxy groups -OCH3 is 1. The molecule has 0 radical (unpaired) electrons. The molecule has 0 saturated heterocycles. The number of amides is 1. The van der Waals surface area contributed by atoms with Crippen LogP contribution in [-0.2, 0) is 14.9 Å². The Balaban J connectivity index is 1.57. The predicted molar refractivity (Wildman–Crippen MR) is 181 cm³/mol. The maximum Gasteiger partial charge on any atom is 0.343 e. The van der Waals surface area contributed by atoms with Gasteiger partial charge in [0.2, 0.25) is 11.9 Å². The van der Waals surface area contributed by atoms with Gasteiger partial charge in [-0.3, -0.25) is 9.78 Å². The van der Waals surface area contributed by atoms with Gasteiger partial charge in [0.15, 0.2) is 5.82 Å². The molecule has 2 aromatic heterocycles. The maximum absolute atomic E-state index is 13.3. The molecule has 0 unspecified atom stereocenters. The summed E-state index contributed by atoms with van der Waals surface area (Å²) in [6.45, 7) is 11.4. The van der Waals surface area contributed by atoms with E-state index >= 15 is 0 Å². The molecule has 0 atom stereocenters. The van der Waals surface area contributed by atoms with E-state index in [-0.39, 0.29) is 28.9 Å². The molecule has 1 fully saturated rings. The molecular formula is C34H44N8O4. The summed E-state index contributed by atoms with van der Waals surface area (Å²) < 4.78 is 11.4. The zero-order valence-corrected chi connectivity index (χ0v) is 27.8. The minimum Gasteiger partial charge on any atom is -0.494 e. The molecule has 12 nitrogen and oxygen atoms in total. The average molecular weight is 629 g/mol. The van der Waals surface area contributed by atoms with Gasteiger partial charge in [-0.25, -0.2) is 9.78 Å². The smallest absolute Gasteiger partial charge is 0.343 e. The Morgan fingerprint density at radius 2 is 1.89 bits per heavy atom. The standard InChI is InChI=1S/C34H44N8O4/c1-9-29(43)37-24-17-25(28(45-8)18-27(24)41(7)16-15-40(5)6)38-33-35-19-23(32(44)46-21(2)3)31(39-33)42-20-34(13-10-14-34)30-26(42)12-11-22(4)36-30/h9,11-12,17-19,21H,1,10,13-16,20H2,2-8H3,(H,37,43)(H,35,38,39). The summed E-state index contributed by atoms with van der Waals surface area (Å²) in [4.78, 5) is 46.4. The van der Waals surface area contributed by atoms with Crippen molar-refractivity contribution in [2.24, 2.45) is 0 Å². The Labute approximate surface area is 270 Å². The summed E-state index contributed by atoms with van der Waals surface area (Å²) in [5.41, 5.74) is 5.01. The number of aromatic nitrogens is 3. The van der Waals surface area contributed by atoms with Gasteiger partial charge in [0.1, 0.15) is 11.3 Å². The molecule has 1 aliphatic heterocycles. The normalized spacial score (nSPS) is 14.6. The molecule has 5 rings (SSSR count). The van der Waals surface area contributed by atoms with Crippen molar-refractivity contribution in [3.05, 3.63) is 60.1 Å². The Hall–Kier alpha value is -4.71. The number of hydrogen-bond donors (Lipinski definition) is 2. The lowest BCUT2D eigenvalue weighted by atomic mass is 9.67. The second-order valence-electron chi connectivity index (χ2n) is 12.5. The van der Waals surface area contributed by atoms with Gasteiger partial charge in [-0.15, -0.1) is 0 Å². The zero-order valence-electron chi connectivity index (χ0n) is 27.8. The molecule has 2 N–H and O–H groups in total. The van der Waals surface area contributed by atoms with Crippen LogP contribution in [0.2, 0.25) is 0 Å². The monoisotopic (exact) mass is 628 g/mol. The second kappa shape index (κ2) is 13.3. The van der Waals surface area contributed by atoms with Crippen LogP contribution in [0.5, 0.6) is 5.75 Å². The quantitative estimate of drug-likeness (QED) is 0.203. The molecule has 2 aliphatic rings. The topological polar surface area (TPSA) is 125 Å². The molecule has 1 aromatic carbocycles. The molecular weight excluding hydrogens is 584 g/mol. The number of esters is 1. The van der Waals surface area contributed by atoms with Crippen LogP contribution < -0.4 is 25.2 Å². The molecule has 46 heavy (non-hydrogen) atoms. The summed E-state index contributed by atoms with van der Waals surface area (Å²) in [7, 11) is 7.55. The van der Waals surface area contributed by atoms with Gasteiger partial charge >= 0.3 is 5.97 Å². The molecule has 1 saturated carbocycles. The van der Waals surface area contributed by atoms with E-state index < -0.39 is 5.97 Å². The lowest BCUT2D eigenvalue weighted by Gasteiger charge is -2.38. The Morgan fingerprint density at radius 3 is 2.52 bits per heavy atom. The third-order valence-electron chi connectivity index (χ3n) is 8.47. The second-order valence-corrected chi connectivity index (χ2v) is 12.5. The molecule has 1 aliphatic carbocycles. The number of carbonyl (C=O) groups is 2. The fourth-order valence-electron chi connectivity index (χ4n) is 5.89. The van der Waals surface area contributed by atoms with Gasteiger partial charge in [-0.05, 0) is 72.0 Å². The van der Waals surface area contributed by atoms with Gasteiger partial charge in [-0.2, -0.15) is 4.98 Å². The number of carbonyl (C=O) groups excluding carboxylic acids is 2. The highest BCUT2D eigenvalue weighted by atomic mass is 16.5. The Bertz CT molecular complexity index is 1640. The Kier molecular flexibility index (Phi) is 9.47. The van der Waals surface area contributed by atoms with E-state index in [9.17, 15) is 9.59 Å². The fraction of sp³-hybridized carbons (Fsp3) is 0.441. The van der Waals surface area contributed by atoms with Crippen LogP contribution in [0.4, 0.5) is 34.5 Å². The van der Waals surface area contributed by atoms with Gasteiger partial charge in [0.05, 0.1) is 41.7 Å². The first-order valence-electron chi connectivity index (χ1n) is 15.6. The molecule has 1 spiro atoms. The number of fused-ring (bicyclic) bond motifs is 2. The van der Waals surface area contributed by atoms with Gasteiger partial charge < -0.3 is 34.8 Å². The largest absolute Gasteiger partial charge is 0.494 e. The fourth-order valence-corrected chi connectivity index (χ4v) is 5.89. The van der Waals surface area contributed by atoms with E-state index in [1.54, 1.807) is 13.2 Å². The summed E-state index contributed by atoms with van der Waals surface area (Å²) in [5, 5.41) is 6.20. The predicted octanol–water partition coefficient (Wildman–Crippen LogP) is 5.19. The van der Waals surface area contributed by atoms with Crippen molar-refractivity contribution < 1.29 is 19.1 Å². The zero-order chi connectivity index (χ0) is 33.2. The van der Waals surface area contributed by atoms with Gasteiger partial charge in [0, 0.05) is 50.1 Å². The lowest BCUT2D eigenvalue weighted by Crippen LogP contribution is -2.39. The molecule has 244 valence electrons. The van der Waals surface area contributed by atoms with E-state index in [1.807, 2.05) is 58.9 Å². The molecule has 3 aromatic rings. The van der Waals surface area contributed by atoms with Gasteiger partial charge in [0.25, 0.3) is 0 Å². The van der Waals surface area contributed by atoms with Crippen molar-refractivity contribution in [3.63, 3.8) is 0 Å². The van der Waals surface area contributed by atoms with Crippen molar-refractivity contribution >= 4 is 46.4 Å². The number of rotatable bonds is 12.